The summed E-state index contributed by atoms with van der Waals surface area (Å²) in [5.41, 5.74) is 0.938. The van der Waals surface area contributed by atoms with Gasteiger partial charge in [0.15, 0.2) is 11.5 Å². The fraction of sp³-hybridized carbons (Fsp3) is 0.200. The maximum Gasteiger partial charge on any atom is 0.274 e. The molecule has 0 spiro atoms. The predicted octanol–water partition coefficient (Wildman–Crippen LogP) is 4.47. The highest BCUT2D eigenvalue weighted by molar-refractivity contribution is 6.32. The van der Waals surface area contributed by atoms with Crippen molar-refractivity contribution in [1.29, 1.82) is 0 Å². The summed E-state index contributed by atoms with van der Waals surface area (Å²) < 4.78 is 23.7. The number of rotatable bonds is 6. The zero-order chi connectivity index (χ0) is 18.9. The van der Waals surface area contributed by atoms with Gasteiger partial charge in [-0.1, -0.05) is 47.1 Å². The summed E-state index contributed by atoms with van der Waals surface area (Å²) in [4.78, 5) is 12.5. The van der Waals surface area contributed by atoms with Crippen molar-refractivity contribution in [3.8, 4) is 5.75 Å². The summed E-state index contributed by atoms with van der Waals surface area (Å²) in [5.74, 6) is -0.0591. The molecule has 0 aliphatic heterocycles. The van der Waals surface area contributed by atoms with Gasteiger partial charge in [0.2, 0.25) is 0 Å². The maximum absolute atomic E-state index is 13.1. The number of benzene rings is 2. The number of nitrogens with one attached hydrogen (secondary N) is 1. The molecule has 0 saturated heterocycles. The summed E-state index contributed by atoms with van der Waals surface area (Å²) >= 11 is 5.91. The number of halogens is 2. The van der Waals surface area contributed by atoms with E-state index in [9.17, 15) is 9.18 Å². The van der Waals surface area contributed by atoms with Crippen LogP contribution in [0.1, 0.15) is 34.7 Å². The minimum Gasteiger partial charge on any atom is -0.484 e. The van der Waals surface area contributed by atoms with Crippen LogP contribution in [0.2, 0.25) is 5.02 Å². The Morgan fingerprint density at radius 2 is 2.00 bits per heavy atom. The Hall–Kier alpha value is -2.86. The Labute approximate surface area is 160 Å². The first-order valence-electron chi connectivity index (χ1n) is 8.47. The number of ether oxygens (including phenoxy) is 1. The Bertz CT molecular complexity index is 970. The molecule has 1 amide bonds. The van der Waals surface area contributed by atoms with E-state index in [1.165, 1.54) is 18.2 Å². The quantitative estimate of drug-likeness (QED) is 0.679. The highest BCUT2D eigenvalue weighted by Gasteiger charge is 2.45. The van der Waals surface area contributed by atoms with Crippen LogP contribution in [0, 0.1) is 5.82 Å². The summed E-state index contributed by atoms with van der Waals surface area (Å²) in [6.45, 7) is 0.0233. The molecule has 0 radical (unpaired) electrons. The molecule has 1 saturated carbocycles. The monoisotopic (exact) mass is 386 g/mol. The molecule has 1 N–H and O–H groups in total. The Kier molecular flexibility index (Phi) is 4.58. The average molecular weight is 387 g/mol. The van der Waals surface area contributed by atoms with Gasteiger partial charge in [0, 0.05) is 6.07 Å². The van der Waals surface area contributed by atoms with E-state index in [4.69, 9.17) is 20.9 Å². The Morgan fingerprint density at radius 1 is 1.22 bits per heavy atom. The summed E-state index contributed by atoms with van der Waals surface area (Å²) in [6.07, 6.45) is 1.78. The van der Waals surface area contributed by atoms with Crippen LogP contribution in [0.15, 0.2) is 59.1 Å². The molecular formula is C20H16ClFN2O3. The SMILES string of the molecule is O=C(NC1(c2ccccc2)CC1)c1cc(COc2ccc(F)cc2Cl)on1. The van der Waals surface area contributed by atoms with Gasteiger partial charge in [0.25, 0.3) is 5.91 Å². The molecule has 0 atom stereocenters. The van der Waals surface area contributed by atoms with Gasteiger partial charge in [-0.2, -0.15) is 0 Å². The van der Waals surface area contributed by atoms with E-state index in [1.54, 1.807) is 0 Å². The third kappa shape index (κ3) is 3.80. The van der Waals surface area contributed by atoms with Crippen LogP contribution in [0.3, 0.4) is 0 Å². The lowest BCUT2D eigenvalue weighted by atomic mass is 10.0. The zero-order valence-electron chi connectivity index (χ0n) is 14.2. The van der Waals surface area contributed by atoms with Crippen LogP contribution < -0.4 is 10.1 Å². The van der Waals surface area contributed by atoms with E-state index in [-0.39, 0.29) is 28.8 Å². The molecule has 1 heterocycles. The van der Waals surface area contributed by atoms with Gasteiger partial charge >= 0.3 is 0 Å². The lowest BCUT2D eigenvalue weighted by Crippen LogP contribution is -2.35. The predicted molar refractivity (Wildman–Crippen MR) is 97.1 cm³/mol. The van der Waals surface area contributed by atoms with Crippen LogP contribution in [0.5, 0.6) is 5.75 Å². The van der Waals surface area contributed by atoms with Gasteiger partial charge < -0.3 is 14.6 Å². The molecule has 4 rings (SSSR count). The van der Waals surface area contributed by atoms with Gasteiger partial charge in [0.1, 0.15) is 18.2 Å². The number of amides is 1. The summed E-state index contributed by atoms with van der Waals surface area (Å²) in [5, 5.41) is 7.01. The van der Waals surface area contributed by atoms with Crippen LogP contribution in [0.4, 0.5) is 4.39 Å². The van der Waals surface area contributed by atoms with Crippen molar-refractivity contribution in [3.05, 3.63) is 82.5 Å². The zero-order valence-corrected chi connectivity index (χ0v) is 15.0. The molecule has 5 nitrogen and oxygen atoms in total. The molecule has 7 heteroatoms. The van der Waals surface area contributed by atoms with Gasteiger partial charge in [0.05, 0.1) is 10.6 Å². The first-order valence-corrected chi connectivity index (χ1v) is 8.85. The molecule has 27 heavy (non-hydrogen) atoms. The van der Waals surface area contributed by atoms with E-state index in [0.717, 1.165) is 24.5 Å². The van der Waals surface area contributed by atoms with E-state index in [0.29, 0.717) is 11.5 Å². The Morgan fingerprint density at radius 3 is 2.70 bits per heavy atom. The first kappa shape index (κ1) is 17.5. The van der Waals surface area contributed by atoms with Crippen molar-refractivity contribution in [1.82, 2.24) is 10.5 Å². The van der Waals surface area contributed by atoms with Gasteiger partial charge in [-0.25, -0.2) is 4.39 Å². The molecule has 138 valence electrons. The number of hydrogen-bond donors (Lipinski definition) is 1. The number of nitrogens with zero attached hydrogens (tertiary/aromatic N) is 1. The molecule has 1 aromatic heterocycles. The fourth-order valence-electron chi connectivity index (χ4n) is 2.88. The highest BCUT2D eigenvalue weighted by Crippen LogP contribution is 2.45. The second-order valence-electron chi connectivity index (χ2n) is 6.44. The summed E-state index contributed by atoms with van der Waals surface area (Å²) in [7, 11) is 0. The smallest absolute Gasteiger partial charge is 0.274 e. The standard InChI is InChI=1S/C20H16ClFN2O3/c21-16-10-14(22)6-7-18(16)26-12-15-11-17(24-27-15)19(25)23-20(8-9-20)13-4-2-1-3-5-13/h1-7,10-11H,8-9,12H2,(H,23,25). The third-order valence-corrected chi connectivity index (χ3v) is 4.78. The molecule has 1 fully saturated rings. The molecule has 3 aromatic rings. The number of carbonyl (C=O) groups is 1. The number of carbonyl (C=O) groups excluding carboxylic acids is 1. The molecule has 0 unspecified atom stereocenters. The fourth-order valence-corrected chi connectivity index (χ4v) is 3.10. The van der Waals surface area contributed by atoms with Crippen LogP contribution in [-0.2, 0) is 12.1 Å². The van der Waals surface area contributed by atoms with Crippen molar-refractivity contribution < 1.29 is 18.4 Å². The number of hydrogen-bond acceptors (Lipinski definition) is 4. The highest BCUT2D eigenvalue weighted by atomic mass is 35.5. The topological polar surface area (TPSA) is 64.4 Å². The molecule has 1 aliphatic rings. The van der Waals surface area contributed by atoms with Crippen molar-refractivity contribution in [2.24, 2.45) is 0 Å². The van der Waals surface area contributed by atoms with Crippen LogP contribution in [0.25, 0.3) is 0 Å². The van der Waals surface area contributed by atoms with Crippen molar-refractivity contribution in [3.63, 3.8) is 0 Å². The minimum absolute atomic E-state index is 0.0233. The average Bonchev–Trinajstić information content (AvgIpc) is 3.29. The second kappa shape index (κ2) is 7.04. The normalized spacial score (nSPS) is 14.6. The van der Waals surface area contributed by atoms with Crippen molar-refractivity contribution >= 4 is 17.5 Å². The lowest BCUT2D eigenvalue weighted by molar-refractivity contribution is 0.0921. The van der Waals surface area contributed by atoms with Gasteiger partial charge in [-0.3, -0.25) is 4.79 Å². The summed E-state index contributed by atoms with van der Waals surface area (Å²) in [6, 6.07) is 15.2. The first-order chi connectivity index (χ1) is 13.1. The minimum atomic E-state index is -0.446. The van der Waals surface area contributed by atoms with Gasteiger partial charge in [-0.05, 0) is 36.6 Å². The van der Waals surface area contributed by atoms with Crippen LogP contribution >= 0.6 is 11.6 Å². The van der Waals surface area contributed by atoms with Crippen LogP contribution in [-0.4, -0.2) is 11.1 Å². The van der Waals surface area contributed by atoms with E-state index >= 15 is 0 Å². The van der Waals surface area contributed by atoms with Crippen molar-refractivity contribution in [2.45, 2.75) is 25.0 Å². The molecular weight excluding hydrogens is 371 g/mol. The maximum atomic E-state index is 13.1. The molecule has 2 aromatic carbocycles. The molecule has 0 bridgehead atoms. The van der Waals surface area contributed by atoms with E-state index < -0.39 is 5.82 Å². The van der Waals surface area contributed by atoms with Gasteiger partial charge in [-0.15, -0.1) is 0 Å². The number of aromatic nitrogens is 1. The second-order valence-corrected chi connectivity index (χ2v) is 6.85. The molecule has 1 aliphatic carbocycles. The van der Waals surface area contributed by atoms with E-state index in [1.807, 2.05) is 30.3 Å². The Balaban J connectivity index is 1.40. The van der Waals surface area contributed by atoms with Crippen molar-refractivity contribution in [2.75, 3.05) is 0 Å². The third-order valence-electron chi connectivity index (χ3n) is 4.48. The largest absolute Gasteiger partial charge is 0.484 e. The van der Waals surface area contributed by atoms with E-state index in [2.05, 4.69) is 10.5 Å². The lowest BCUT2D eigenvalue weighted by Gasteiger charge is -2.16.